The van der Waals surface area contributed by atoms with Crippen LogP contribution in [0.1, 0.15) is 61.5 Å². The van der Waals surface area contributed by atoms with Gasteiger partial charge in [-0.2, -0.15) is 0 Å². The number of carbonyl (C=O) groups is 1. The van der Waals surface area contributed by atoms with Crippen LogP contribution >= 0.6 is 0 Å². The van der Waals surface area contributed by atoms with Crippen LogP contribution in [-0.4, -0.2) is 47.1 Å². The maximum Gasteiger partial charge on any atom is 0.311 e. The van der Waals surface area contributed by atoms with E-state index in [9.17, 15) is 15.0 Å². The molecule has 1 aliphatic heterocycles. The van der Waals surface area contributed by atoms with E-state index < -0.39 is 18.0 Å². The van der Waals surface area contributed by atoms with Gasteiger partial charge < -0.3 is 25.0 Å². The molecular formula is C28H35NO5. The Morgan fingerprint density at radius 2 is 1.88 bits per heavy atom. The number of fused-ring (bicyclic) bond motifs is 4. The molecule has 0 aromatic heterocycles. The molecule has 1 fully saturated rings. The van der Waals surface area contributed by atoms with Crippen LogP contribution in [0.5, 0.6) is 5.75 Å². The van der Waals surface area contributed by atoms with Crippen LogP contribution in [0, 0.1) is 11.8 Å². The van der Waals surface area contributed by atoms with E-state index in [1.807, 2.05) is 25.1 Å². The minimum Gasteiger partial charge on any atom is -0.488 e. The fourth-order valence-electron chi connectivity index (χ4n) is 5.91. The SMILES string of the molecule is C[C@@H](OC[C@H](O)CNC(C)(C)CC1Cc2ccccc2C1)c1cccc2c1O[C@H]1[C@H](C(=O)O)[C@@H]21. The smallest absolute Gasteiger partial charge is 0.311 e. The third-order valence-corrected chi connectivity index (χ3v) is 7.66. The maximum atomic E-state index is 11.3. The van der Waals surface area contributed by atoms with Crippen LogP contribution in [0.15, 0.2) is 42.5 Å². The largest absolute Gasteiger partial charge is 0.488 e. The second-order valence-corrected chi connectivity index (χ2v) is 10.9. The number of aliphatic hydroxyl groups excluding tert-OH is 1. The second kappa shape index (κ2) is 8.99. The molecular weight excluding hydrogens is 430 g/mol. The molecule has 2 aliphatic carbocycles. The summed E-state index contributed by atoms with van der Waals surface area (Å²) in [4.78, 5) is 11.3. The molecule has 182 valence electrons. The Morgan fingerprint density at radius 3 is 2.56 bits per heavy atom. The van der Waals surface area contributed by atoms with Crippen molar-refractivity contribution in [3.05, 3.63) is 64.7 Å². The highest BCUT2D eigenvalue weighted by atomic mass is 16.5. The molecule has 3 N–H and O–H groups in total. The Hall–Kier alpha value is -2.41. The highest BCUT2D eigenvalue weighted by molar-refractivity contribution is 5.79. The molecule has 34 heavy (non-hydrogen) atoms. The van der Waals surface area contributed by atoms with E-state index in [2.05, 4.69) is 43.4 Å². The lowest BCUT2D eigenvalue weighted by atomic mass is 9.88. The van der Waals surface area contributed by atoms with Gasteiger partial charge in [0.1, 0.15) is 17.8 Å². The number of carboxylic acid groups (broad SMARTS) is 1. The lowest BCUT2D eigenvalue weighted by Gasteiger charge is -2.31. The summed E-state index contributed by atoms with van der Waals surface area (Å²) < 4.78 is 12.0. The third kappa shape index (κ3) is 4.59. The molecule has 2 aromatic rings. The number of hydrogen-bond donors (Lipinski definition) is 3. The minimum atomic E-state index is -0.800. The first-order valence-corrected chi connectivity index (χ1v) is 12.4. The number of aliphatic hydroxyl groups is 1. The molecule has 6 heteroatoms. The van der Waals surface area contributed by atoms with E-state index in [1.54, 1.807) is 0 Å². The number of ether oxygens (including phenoxy) is 2. The zero-order chi connectivity index (χ0) is 24.0. The Morgan fingerprint density at radius 1 is 1.18 bits per heavy atom. The summed E-state index contributed by atoms with van der Waals surface area (Å²) >= 11 is 0. The van der Waals surface area contributed by atoms with Gasteiger partial charge in [-0.05, 0) is 57.1 Å². The predicted molar refractivity (Wildman–Crippen MR) is 129 cm³/mol. The maximum absolute atomic E-state index is 11.3. The Balaban J connectivity index is 1.09. The monoisotopic (exact) mass is 465 g/mol. The number of para-hydroxylation sites is 1. The van der Waals surface area contributed by atoms with Crippen LogP contribution < -0.4 is 10.1 Å². The van der Waals surface area contributed by atoms with Gasteiger partial charge in [0.25, 0.3) is 0 Å². The molecule has 0 unspecified atom stereocenters. The molecule has 0 saturated heterocycles. The predicted octanol–water partition coefficient (Wildman–Crippen LogP) is 3.86. The number of aliphatic carboxylic acids is 1. The van der Waals surface area contributed by atoms with Crippen LogP contribution in [-0.2, 0) is 22.4 Å². The number of benzene rings is 2. The van der Waals surface area contributed by atoms with Crippen LogP contribution in [0.3, 0.4) is 0 Å². The van der Waals surface area contributed by atoms with Crippen molar-refractivity contribution in [3.63, 3.8) is 0 Å². The number of hydrogen-bond acceptors (Lipinski definition) is 5. The van der Waals surface area contributed by atoms with E-state index >= 15 is 0 Å². The summed E-state index contributed by atoms with van der Waals surface area (Å²) in [6, 6.07) is 14.5. The van der Waals surface area contributed by atoms with Gasteiger partial charge in [0, 0.05) is 29.1 Å². The average Bonchev–Trinajstić information content (AvgIpc) is 3.16. The molecule has 5 rings (SSSR count). The van der Waals surface area contributed by atoms with Crippen molar-refractivity contribution in [2.24, 2.45) is 11.8 Å². The molecule has 1 saturated carbocycles. The number of β-amino-alcohol motifs (C(OH)–C–C–N with tert-alkyl or cyclic N) is 1. The van der Waals surface area contributed by atoms with Gasteiger partial charge in [0.15, 0.2) is 0 Å². The molecule has 2 aromatic carbocycles. The highest BCUT2D eigenvalue weighted by Crippen LogP contribution is 2.59. The number of rotatable bonds is 10. The zero-order valence-electron chi connectivity index (χ0n) is 20.2. The Labute approximate surface area is 201 Å². The molecule has 3 aliphatic rings. The fraction of sp³-hybridized carbons (Fsp3) is 0.536. The summed E-state index contributed by atoms with van der Waals surface area (Å²) in [7, 11) is 0. The Bertz CT molecular complexity index is 1040. The number of nitrogens with one attached hydrogen (secondary N) is 1. The lowest BCUT2D eigenvalue weighted by Crippen LogP contribution is -2.45. The van der Waals surface area contributed by atoms with Gasteiger partial charge in [-0.25, -0.2) is 0 Å². The van der Waals surface area contributed by atoms with E-state index in [0.29, 0.717) is 12.5 Å². The normalized spacial score (nSPS) is 24.6. The quantitative estimate of drug-likeness (QED) is 0.494. The standard InChI is InChI=1S/C28H35NO5/c1-16(21-9-6-10-22-23-24(27(31)32)26(23)34-25(21)22)33-15-20(30)14-29-28(2,3)13-17-11-18-7-4-5-8-19(18)12-17/h4-10,16-17,20,23-24,26,29-30H,11-15H2,1-3H3,(H,31,32)/t16-,20-,23-,24-,26-/m1/s1. The van der Waals surface area contributed by atoms with Gasteiger partial charge >= 0.3 is 5.97 Å². The molecule has 6 nitrogen and oxygen atoms in total. The topological polar surface area (TPSA) is 88.0 Å². The van der Waals surface area contributed by atoms with Gasteiger partial charge in [-0.1, -0.05) is 42.5 Å². The zero-order valence-corrected chi connectivity index (χ0v) is 20.2. The number of carboxylic acids is 1. The minimum absolute atomic E-state index is 0.0515. The van der Waals surface area contributed by atoms with E-state index in [-0.39, 0.29) is 30.3 Å². The van der Waals surface area contributed by atoms with Crippen LogP contribution in [0.4, 0.5) is 0 Å². The summed E-state index contributed by atoms with van der Waals surface area (Å²) in [5.41, 5.74) is 4.74. The average molecular weight is 466 g/mol. The van der Waals surface area contributed by atoms with E-state index in [1.165, 1.54) is 11.1 Å². The molecule has 0 spiro atoms. The molecule has 1 heterocycles. The Kier molecular flexibility index (Phi) is 6.17. The first kappa shape index (κ1) is 23.3. The molecule has 0 radical (unpaired) electrons. The first-order chi connectivity index (χ1) is 16.2. The van der Waals surface area contributed by atoms with Crippen LogP contribution in [0.2, 0.25) is 0 Å². The summed E-state index contributed by atoms with van der Waals surface area (Å²) in [5, 5.41) is 23.4. The van der Waals surface area contributed by atoms with Crippen molar-refractivity contribution in [2.75, 3.05) is 13.2 Å². The van der Waals surface area contributed by atoms with E-state index in [4.69, 9.17) is 9.47 Å². The van der Waals surface area contributed by atoms with Crippen molar-refractivity contribution < 1.29 is 24.5 Å². The van der Waals surface area contributed by atoms with Gasteiger partial charge in [0.2, 0.25) is 0 Å². The van der Waals surface area contributed by atoms with Gasteiger partial charge in [0.05, 0.1) is 18.8 Å². The van der Waals surface area contributed by atoms with Gasteiger partial charge in [-0.3, -0.25) is 4.79 Å². The van der Waals surface area contributed by atoms with Crippen molar-refractivity contribution in [2.45, 2.75) is 69.8 Å². The molecule has 5 atom stereocenters. The van der Waals surface area contributed by atoms with E-state index in [0.717, 1.165) is 36.1 Å². The summed E-state index contributed by atoms with van der Waals surface area (Å²) in [5.74, 6) is 0.0959. The van der Waals surface area contributed by atoms with Crippen molar-refractivity contribution in [1.82, 2.24) is 5.32 Å². The molecule has 0 amide bonds. The highest BCUT2D eigenvalue weighted by Gasteiger charge is 2.63. The van der Waals surface area contributed by atoms with Crippen LogP contribution in [0.25, 0.3) is 0 Å². The lowest BCUT2D eigenvalue weighted by molar-refractivity contribution is -0.139. The second-order valence-electron chi connectivity index (χ2n) is 10.9. The van der Waals surface area contributed by atoms with Crippen molar-refractivity contribution in [1.29, 1.82) is 0 Å². The molecule has 0 bridgehead atoms. The van der Waals surface area contributed by atoms with Crippen molar-refractivity contribution in [3.8, 4) is 5.75 Å². The third-order valence-electron chi connectivity index (χ3n) is 7.66. The fourth-order valence-corrected chi connectivity index (χ4v) is 5.91. The first-order valence-electron chi connectivity index (χ1n) is 12.4. The summed E-state index contributed by atoms with van der Waals surface area (Å²) in [6.07, 6.45) is 2.18. The summed E-state index contributed by atoms with van der Waals surface area (Å²) in [6.45, 7) is 7.03. The van der Waals surface area contributed by atoms with Crippen molar-refractivity contribution >= 4 is 5.97 Å². The van der Waals surface area contributed by atoms with Gasteiger partial charge in [-0.15, -0.1) is 0 Å².